The average molecular weight is 220 g/mol. The van der Waals surface area contributed by atoms with Crippen molar-refractivity contribution in [2.24, 2.45) is 0 Å². The summed E-state index contributed by atoms with van der Waals surface area (Å²) in [7, 11) is 0. The number of halogens is 2. The van der Waals surface area contributed by atoms with Crippen molar-refractivity contribution < 1.29 is 13.5 Å². The molecule has 0 fully saturated rings. The number of hydrogen-bond acceptors (Lipinski definition) is 2. The van der Waals surface area contributed by atoms with Crippen LogP contribution in [-0.2, 0) is 6.61 Å². The van der Waals surface area contributed by atoms with Crippen molar-refractivity contribution in [2.45, 2.75) is 6.61 Å². The molecule has 0 bridgehead atoms. The van der Waals surface area contributed by atoms with E-state index in [2.05, 4.69) is 11.1 Å². The van der Waals surface area contributed by atoms with Crippen molar-refractivity contribution in [3.05, 3.63) is 59.9 Å². The summed E-state index contributed by atoms with van der Waals surface area (Å²) in [6.45, 7) is 0.0984. The number of benzene rings is 1. The first-order valence-electron chi connectivity index (χ1n) is 4.64. The van der Waals surface area contributed by atoms with Gasteiger partial charge < -0.3 is 4.74 Å². The molecule has 16 heavy (non-hydrogen) atoms. The molecule has 1 aromatic heterocycles. The molecule has 0 spiro atoms. The monoisotopic (exact) mass is 220 g/mol. The molecule has 0 atom stereocenters. The lowest BCUT2D eigenvalue weighted by Crippen LogP contribution is -1.99. The second kappa shape index (κ2) is 4.70. The highest BCUT2D eigenvalue weighted by Gasteiger charge is 2.02. The molecule has 0 N–H and O–H groups in total. The Morgan fingerprint density at radius 2 is 2.12 bits per heavy atom. The van der Waals surface area contributed by atoms with Crippen LogP contribution in [0.5, 0.6) is 5.75 Å². The lowest BCUT2D eigenvalue weighted by Gasteiger charge is -2.05. The van der Waals surface area contributed by atoms with Gasteiger partial charge in [-0.05, 0) is 30.3 Å². The van der Waals surface area contributed by atoms with Crippen LogP contribution in [0.3, 0.4) is 0 Å². The molecule has 0 aliphatic carbocycles. The molecule has 2 aromatic rings. The van der Waals surface area contributed by atoms with Gasteiger partial charge in [-0.25, -0.2) is 8.78 Å². The zero-order valence-corrected chi connectivity index (χ0v) is 8.28. The standard InChI is InChI=1S/C12H8F2NO/c13-9-5-6-10(15-7-9)8-16-12-4-2-1-3-11(12)14/h2-7H,8H2. The number of ether oxygens (including phenoxy) is 1. The fourth-order valence-corrected chi connectivity index (χ4v) is 1.16. The molecule has 2 rings (SSSR count). The summed E-state index contributed by atoms with van der Waals surface area (Å²) in [6, 6.07) is 9.56. The van der Waals surface area contributed by atoms with Crippen LogP contribution in [0.25, 0.3) is 0 Å². The van der Waals surface area contributed by atoms with E-state index in [1.807, 2.05) is 0 Å². The van der Waals surface area contributed by atoms with E-state index < -0.39 is 11.6 Å². The van der Waals surface area contributed by atoms with Crippen molar-refractivity contribution in [2.75, 3.05) is 0 Å². The van der Waals surface area contributed by atoms with Crippen LogP contribution in [0.15, 0.2) is 36.5 Å². The van der Waals surface area contributed by atoms with Gasteiger partial charge in [0, 0.05) is 0 Å². The van der Waals surface area contributed by atoms with Gasteiger partial charge in [-0.3, -0.25) is 4.98 Å². The lowest BCUT2D eigenvalue weighted by molar-refractivity contribution is 0.285. The predicted octanol–water partition coefficient (Wildman–Crippen LogP) is 2.74. The minimum absolute atomic E-state index is 0.0984. The van der Waals surface area contributed by atoms with Crippen LogP contribution in [0.4, 0.5) is 8.78 Å². The minimum Gasteiger partial charge on any atom is -0.484 e. The molecule has 1 aromatic carbocycles. The van der Waals surface area contributed by atoms with E-state index in [1.165, 1.54) is 24.3 Å². The quantitative estimate of drug-likeness (QED) is 0.793. The zero-order chi connectivity index (χ0) is 11.4. The zero-order valence-electron chi connectivity index (χ0n) is 8.28. The molecule has 0 saturated carbocycles. The molecular formula is C12H8F2NO. The third-order valence-corrected chi connectivity index (χ3v) is 1.94. The largest absolute Gasteiger partial charge is 0.484 e. The minimum atomic E-state index is -0.482. The maximum Gasteiger partial charge on any atom is 0.165 e. The number of hydrogen-bond donors (Lipinski definition) is 0. The van der Waals surface area contributed by atoms with Crippen molar-refractivity contribution in [3.8, 4) is 5.75 Å². The molecule has 1 radical (unpaired) electrons. The molecule has 4 heteroatoms. The Balaban J connectivity index is 2.02. The van der Waals surface area contributed by atoms with Gasteiger partial charge in [-0.1, -0.05) is 6.07 Å². The highest BCUT2D eigenvalue weighted by molar-refractivity contribution is 5.23. The summed E-state index contributed by atoms with van der Waals surface area (Å²) < 4.78 is 30.8. The van der Waals surface area contributed by atoms with Gasteiger partial charge in [0.1, 0.15) is 12.4 Å². The van der Waals surface area contributed by atoms with Gasteiger partial charge >= 0.3 is 0 Å². The highest BCUT2D eigenvalue weighted by atomic mass is 19.1. The van der Waals surface area contributed by atoms with Gasteiger partial charge in [0.2, 0.25) is 0 Å². The first kappa shape index (κ1) is 10.5. The summed E-state index contributed by atoms with van der Waals surface area (Å²) in [5.41, 5.74) is 0.536. The number of rotatable bonds is 3. The smallest absolute Gasteiger partial charge is 0.165 e. The van der Waals surface area contributed by atoms with Crippen molar-refractivity contribution >= 4 is 0 Å². The summed E-state index contributed by atoms with van der Waals surface area (Å²) >= 11 is 0. The molecular weight excluding hydrogens is 212 g/mol. The summed E-state index contributed by atoms with van der Waals surface area (Å²) in [5.74, 6) is -0.765. The van der Waals surface area contributed by atoms with Gasteiger partial charge in [0.15, 0.2) is 11.6 Å². The molecule has 0 aliphatic rings. The van der Waals surface area contributed by atoms with E-state index >= 15 is 0 Å². The SMILES string of the molecule is Fc1ccc(COc2cc[c]cc2F)nc1. The Morgan fingerprint density at radius 3 is 2.81 bits per heavy atom. The Morgan fingerprint density at radius 1 is 1.25 bits per heavy atom. The Bertz CT molecular complexity index is 471. The van der Waals surface area contributed by atoms with E-state index in [9.17, 15) is 8.78 Å². The number of nitrogens with zero attached hydrogens (tertiary/aromatic N) is 1. The molecule has 81 valence electrons. The first-order valence-corrected chi connectivity index (χ1v) is 4.64. The lowest BCUT2D eigenvalue weighted by atomic mass is 10.3. The topological polar surface area (TPSA) is 22.1 Å². The van der Waals surface area contributed by atoms with Crippen LogP contribution in [0.2, 0.25) is 0 Å². The summed E-state index contributed by atoms with van der Waals surface area (Å²) in [6.07, 6.45) is 1.09. The van der Waals surface area contributed by atoms with Crippen molar-refractivity contribution in [1.82, 2.24) is 4.98 Å². The highest BCUT2D eigenvalue weighted by Crippen LogP contribution is 2.16. The number of aromatic nitrogens is 1. The second-order valence-corrected chi connectivity index (χ2v) is 3.11. The fourth-order valence-electron chi connectivity index (χ4n) is 1.16. The van der Waals surface area contributed by atoms with Crippen LogP contribution < -0.4 is 4.74 Å². The average Bonchev–Trinajstić information content (AvgIpc) is 2.30. The van der Waals surface area contributed by atoms with Crippen LogP contribution >= 0.6 is 0 Å². The van der Waals surface area contributed by atoms with Gasteiger partial charge in [-0.2, -0.15) is 0 Å². The summed E-state index contributed by atoms with van der Waals surface area (Å²) in [5, 5.41) is 0. The van der Waals surface area contributed by atoms with Crippen molar-refractivity contribution in [1.29, 1.82) is 0 Å². The Labute approximate surface area is 91.5 Å². The van der Waals surface area contributed by atoms with Gasteiger partial charge in [0.05, 0.1) is 11.9 Å². The second-order valence-electron chi connectivity index (χ2n) is 3.11. The fraction of sp³-hybridized carbons (Fsp3) is 0.0833. The molecule has 1 heterocycles. The summed E-state index contributed by atoms with van der Waals surface area (Å²) in [4.78, 5) is 3.79. The van der Waals surface area contributed by atoms with E-state index in [1.54, 1.807) is 6.07 Å². The molecule has 2 nitrogen and oxygen atoms in total. The van der Waals surface area contributed by atoms with Crippen molar-refractivity contribution in [3.63, 3.8) is 0 Å². The predicted molar refractivity (Wildman–Crippen MR) is 53.8 cm³/mol. The van der Waals surface area contributed by atoms with E-state index in [0.29, 0.717) is 5.69 Å². The van der Waals surface area contributed by atoms with E-state index in [0.717, 1.165) is 6.20 Å². The first-order chi connectivity index (χ1) is 7.75. The Hall–Kier alpha value is -1.97. The third kappa shape index (κ3) is 2.53. The maximum absolute atomic E-state index is 13.1. The van der Waals surface area contributed by atoms with Crippen LogP contribution in [0.1, 0.15) is 5.69 Å². The third-order valence-electron chi connectivity index (χ3n) is 1.94. The normalized spacial score (nSPS) is 10.1. The molecule has 0 aliphatic heterocycles. The molecule has 0 amide bonds. The van der Waals surface area contributed by atoms with E-state index in [-0.39, 0.29) is 12.4 Å². The van der Waals surface area contributed by atoms with Crippen LogP contribution in [0, 0.1) is 17.7 Å². The maximum atomic E-state index is 13.1. The molecule has 0 unspecified atom stereocenters. The Kier molecular flexibility index (Phi) is 3.10. The van der Waals surface area contributed by atoms with E-state index in [4.69, 9.17) is 4.74 Å². The van der Waals surface area contributed by atoms with Gasteiger partial charge in [0.25, 0.3) is 0 Å². The number of pyridine rings is 1. The van der Waals surface area contributed by atoms with Gasteiger partial charge in [-0.15, -0.1) is 0 Å². The molecule has 0 saturated heterocycles. The van der Waals surface area contributed by atoms with Crippen LogP contribution in [-0.4, -0.2) is 4.98 Å².